The molecular formula is C18H16F2N2O3. The number of aryl methyl sites for hydroxylation is 2. The minimum atomic E-state index is -1.10. The Morgan fingerprint density at radius 1 is 1.16 bits per heavy atom. The van der Waals surface area contributed by atoms with Gasteiger partial charge in [-0.1, -0.05) is 4.48 Å². The van der Waals surface area contributed by atoms with E-state index < -0.39 is 5.95 Å². The van der Waals surface area contributed by atoms with Crippen LogP contribution in [0.15, 0.2) is 35.1 Å². The minimum absolute atomic E-state index is 0.0562. The summed E-state index contributed by atoms with van der Waals surface area (Å²) in [5, 5.41) is 0. The number of rotatable bonds is 4. The molecule has 0 bridgehead atoms. The lowest BCUT2D eigenvalue weighted by Crippen LogP contribution is -2.10. The van der Waals surface area contributed by atoms with Crippen LogP contribution in [0.3, 0.4) is 0 Å². The molecule has 1 aliphatic heterocycles. The summed E-state index contributed by atoms with van der Waals surface area (Å²) < 4.78 is 39.1. The van der Waals surface area contributed by atoms with Crippen molar-refractivity contribution in [1.82, 2.24) is 9.77 Å². The first kappa shape index (κ1) is 17.0. The van der Waals surface area contributed by atoms with Crippen LogP contribution in [0.5, 0.6) is 5.75 Å². The van der Waals surface area contributed by atoms with Crippen molar-refractivity contribution in [1.29, 1.82) is 0 Å². The van der Waals surface area contributed by atoms with Crippen LogP contribution in [0.1, 0.15) is 11.1 Å². The van der Waals surface area contributed by atoms with Crippen molar-refractivity contribution in [2.75, 3.05) is 13.9 Å². The summed E-state index contributed by atoms with van der Waals surface area (Å²) in [4.78, 5) is 15.5. The fourth-order valence-corrected chi connectivity index (χ4v) is 2.74. The zero-order chi connectivity index (χ0) is 18.1. The molecule has 0 aromatic heterocycles. The summed E-state index contributed by atoms with van der Waals surface area (Å²) in [7, 11) is 1.51. The van der Waals surface area contributed by atoms with Gasteiger partial charge in [0.1, 0.15) is 5.75 Å². The number of methoxy groups -OCH3 is 1. The summed E-state index contributed by atoms with van der Waals surface area (Å²) in [5.41, 5.74) is 1.55. The summed E-state index contributed by atoms with van der Waals surface area (Å²) >= 11 is 0. The summed E-state index contributed by atoms with van der Waals surface area (Å²) in [6.45, 7) is 3.66. The Morgan fingerprint density at radius 2 is 1.84 bits per heavy atom. The van der Waals surface area contributed by atoms with E-state index in [1.54, 1.807) is 26.0 Å². The van der Waals surface area contributed by atoms with Crippen LogP contribution in [0, 0.1) is 19.8 Å². The van der Waals surface area contributed by atoms with Crippen molar-refractivity contribution in [3.05, 3.63) is 57.6 Å². The molecule has 130 valence electrons. The highest BCUT2D eigenvalue weighted by molar-refractivity contribution is 5.67. The first-order valence-electron chi connectivity index (χ1n) is 7.54. The Hall–Kier alpha value is -2.80. The first-order valence-corrected chi connectivity index (χ1v) is 7.54. The standard InChI is InChI=1S/C18H16F2N2O3/c1-10-6-12(7-11(2)16(10)25-9-24-3)18-21-15-8-13(23)4-5-14(15)17(19)22(18)20/h4-8H,9H2,1-3H3. The van der Waals surface area contributed by atoms with E-state index in [0.29, 0.717) is 11.3 Å². The topological polar surface area (TPSA) is 53.4 Å². The van der Waals surface area contributed by atoms with Gasteiger partial charge in [-0.3, -0.25) is 4.79 Å². The lowest BCUT2D eigenvalue weighted by atomic mass is 10.0. The molecule has 1 aliphatic carbocycles. The second-order valence-corrected chi connectivity index (χ2v) is 5.68. The van der Waals surface area contributed by atoms with Crippen LogP contribution in [-0.2, 0) is 4.74 Å². The average molecular weight is 346 g/mol. The number of nitrogens with zero attached hydrogens (tertiary/aromatic N) is 2. The van der Waals surface area contributed by atoms with E-state index in [0.717, 1.165) is 11.1 Å². The smallest absolute Gasteiger partial charge is 0.233 e. The quantitative estimate of drug-likeness (QED) is 0.536. The maximum absolute atomic E-state index is 14.4. The molecule has 5 nitrogen and oxygen atoms in total. The van der Waals surface area contributed by atoms with Crippen LogP contribution < -0.4 is 10.2 Å². The van der Waals surface area contributed by atoms with Crippen molar-refractivity contribution in [3.8, 4) is 28.4 Å². The molecule has 0 atom stereocenters. The lowest BCUT2D eigenvalue weighted by Gasteiger charge is -2.15. The molecule has 1 aromatic rings. The van der Waals surface area contributed by atoms with Crippen LogP contribution >= 0.6 is 0 Å². The molecule has 2 aliphatic rings. The third kappa shape index (κ3) is 3.10. The van der Waals surface area contributed by atoms with Crippen molar-refractivity contribution in [2.24, 2.45) is 0 Å². The van der Waals surface area contributed by atoms with E-state index in [-0.39, 0.29) is 34.1 Å². The first-order chi connectivity index (χ1) is 11.9. The van der Waals surface area contributed by atoms with Crippen molar-refractivity contribution >= 4 is 0 Å². The van der Waals surface area contributed by atoms with Gasteiger partial charge < -0.3 is 9.47 Å². The zero-order valence-corrected chi connectivity index (χ0v) is 14.0. The number of benzene rings is 2. The molecule has 1 heterocycles. The van der Waals surface area contributed by atoms with Gasteiger partial charge in [-0.15, -0.1) is 4.79 Å². The van der Waals surface area contributed by atoms with Gasteiger partial charge in [-0.05, 0) is 49.2 Å². The van der Waals surface area contributed by atoms with E-state index in [1.807, 2.05) is 0 Å². The van der Waals surface area contributed by atoms with Gasteiger partial charge in [0.25, 0.3) is 0 Å². The Bertz CT molecular complexity index is 946. The van der Waals surface area contributed by atoms with Crippen molar-refractivity contribution in [2.45, 2.75) is 13.8 Å². The molecular weight excluding hydrogens is 330 g/mol. The van der Waals surface area contributed by atoms with E-state index in [4.69, 9.17) is 9.47 Å². The van der Waals surface area contributed by atoms with Gasteiger partial charge in [-0.2, -0.15) is 4.39 Å². The third-order valence-electron chi connectivity index (χ3n) is 3.82. The highest BCUT2D eigenvalue weighted by atomic mass is 19.2. The number of ether oxygens (including phenoxy) is 2. The third-order valence-corrected chi connectivity index (χ3v) is 3.82. The maximum Gasteiger partial charge on any atom is 0.233 e. The average Bonchev–Trinajstić information content (AvgIpc) is 2.57. The molecule has 0 radical (unpaired) electrons. The molecule has 0 spiro atoms. The second-order valence-electron chi connectivity index (χ2n) is 5.68. The van der Waals surface area contributed by atoms with Gasteiger partial charge >= 0.3 is 0 Å². The van der Waals surface area contributed by atoms with Gasteiger partial charge in [0.2, 0.25) is 5.95 Å². The molecule has 7 heteroatoms. The summed E-state index contributed by atoms with van der Waals surface area (Å²) in [6, 6.07) is 6.85. The molecule has 0 N–H and O–H groups in total. The number of halogens is 2. The summed E-state index contributed by atoms with van der Waals surface area (Å²) in [6.07, 6.45) is 0. The van der Waals surface area contributed by atoms with E-state index in [1.165, 1.54) is 25.3 Å². The molecule has 0 amide bonds. The van der Waals surface area contributed by atoms with Crippen molar-refractivity contribution < 1.29 is 18.3 Å². The highest BCUT2D eigenvalue weighted by Gasteiger charge is 2.20. The van der Waals surface area contributed by atoms with Crippen LogP contribution in [-0.4, -0.2) is 23.7 Å². The SMILES string of the molecule is COCOc1c(C)cc(-c2nc3cc(=O)ccc-3c(F)n2F)cc1C. The van der Waals surface area contributed by atoms with Crippen LogP contribution in [0.4, 0.5) is 8.87 Å². The fraction of sp³-hybridized carbons (Fsp3) is 0.222. The zero-order valence-electron chi connectivity index (χ0n) is 14.0. The largest absolute Gasteiger partial charge is 0.467 e. The Balaban J connectivity index is 2.18. The second kappa shape index (κ2) is 6.60. The molecule has 0 unspecified atom stereocenters. The van der Waals surface area contributed by atoms with Gasteiger partial charge in [0, 0.05) is 18.7 Å². The number of hydrogen-bond donors (Lipinski definition) is 0. The van der Waals surface area contributed by atoms with Gasteiger partial charge in [-0.25, -0.2) is 4.98 Å². The van der Waals surface area contributed by atoms with E-state index in [2.05, 4.69) is 4.98 Å². The summed E-state index contributed by atoms with van der Waals surface area (Å²) in [5.74, 6) is -0.714. The predicted octanol–water partition coefficient (Wildman–Crippen LogP) is 3.49. The van der Waals surface area contributed by atoms with Gasteiger partial charge in [0.15, 0.2) is 18.0 Å². The van der Waals surface area contributed by atoms with Crippen LogP contribution in [0.2, 0.25) is 0 Å². The van der Waals surface area contributed by atoms with Crippen LogP contribution in [0.25, 0.3) is 22.6 Å². The molecule has 0 saturated heterocycles. The maximum atomic E-state index is 14.4. The predicted molar refractivity (Wildman–Crippen MR) is 89.0 cm³/mol. The minimum Gasteiger partial charge on any atom is -0.467 e. The van der Waals surface area contributed by atoms with E-state index in [9.17, 15) is 13.7 Å². The monoisotopic (exact) mass is 346 g/mol. The van der Waals surface area contributed by atoms with Crippen molar-refractivity contribution in [3.63, 3.8) is 0 Å². The van der Waals surface area contributed by atoms with E-state index >= 15 is 0 Å². The lowest BCUT2D eigenvalue weighted by molar-refractivity contribution is 0.0501. The molecule has 25 heavy (non-hydrogen) atoms. The number of hydrogen-bond acceptors (Lipinski definition) is 4. The van der Waals surface area contributed by atoms with Gasteiger partial charge in [0.05, 0.1) is 11.3 Å². The molecule has 0 fully saturated rings. The molecule has 0 saturated carbocycles. The highest BCUT2D eigenvalue weighted by Crippen LogP contribution is 2.32. The Morgan fingerprint density at radius 3 is 2.48 bits per heavy atom. The number of aromatic nitrogens is 2. The number of fused-ring (bicyclic) bond motifs is 1. The normalized spacial score (nSPS) is 11.1. The Kier molecular flexibility index (Phi) is 4.50. The Labute approximate surface area is 142 Å². The molecule has 3 rings (SSSR count). The fourth-order valence-electron chi connectivity index (χ4n) is 2.74. The molecule has 1 aromatic carbocycles.